The number of imide groups is 1. The molecule has 1 heterocycles. The van der Waals surface area contributed by atoms with Gasteiger partial charge in [-0.25, -0.2) is 9.18 Å². The lowest BCUT2D eigenvalue weighted by Gasteiger charge is -2.16. The van der Waals surface area contributed by atoms with E-state index in [2.05, 4.69) is 21.3 Å². The summed E-state index contributed by atoms with van der Waals surface area (Å²) in [4.78, 5) is 48.2. The molecular formula is C25H21FN4O4. The molecule has 1 aliphatic rings. The first kappa shape index (κ1) is 22.7. The van der Waals surface area contributed by atoms with Crippen molar-refractivity contribution in [3.63, 3.8) is 0 Å². The molecule has 4 N–H and O–H groups in total. The zero-order chi connectivity index (χ0) is 24.2. The smallest absolute Gasteiger partial charge is 0.319 e. The summed E-state index contributed by atoms with van der Waals surface area (Å²) < 4.78 is 13.8. The average Bonchev–Trinajstić information content (AvgIpc) is 3.08. The maximum Gasteiger partial charge on any atom is 0.319 e. The van der Waals surface area contributed by atoms with Crippen LogP contribution in [0.15, 0.2) is 66.7 Å². The van der Waals surface area contributed by atoms with Gasteiger partial charge >= 0.3 is 6.03 Å². The second-order valence-electron chi connectivity index (χ2n) is 7.81. The number of hydrogen-bond donors (Lipinski definition) is 4. The van der Waals surface area contributed by atoms with Crippen LogP contribution in [0.4, 0.5) is 20.6 Å². The molecule has 8 nitrogen and oxygen atoms in total. The van der Waals surface area contributed by atoms with Gasteiger partial charge in [0.25, 0.3) is 11.8 Å². The van der Waals surface area contributed by atoms with E-state index in [4.69, 9.17) is 0 Å². The summed E-state index contributed by atoms with van der Waals surface area (Å²) in [6, 6.07) is 16.6. The van der Waals surface area contributed by atoms with Gasteiger partial charge in [0.1, 0.15) is 5.82 Å². The number of benzene rings is 3. The topological polar surface area (TPSA) is 116 Å². The highest BCUT2D eigenvalue weighted by atomic mass is 19.1. The molecule has 1 aliphatic heterocycles. The van der Waals surface area contributed by atoms with E-state index in [1.807, 2.05) is 0 Å². The van der Waals surface area contributed by atoms with Gasteiger partial charge in [-0.05, 0) is 54.4 Å². The highest BCUT2D eigenvalue weighted by molar-refractivity contribution is 6.22. The molecule has 4 rings (SSSR count). The largest absolute Gasteiger partial charge is 0.331 e. The number of carbonyl (C=O) groups excluding carboxylic acids is 4. The molecule has 34 heavy (non-hydrogen) atoms. The van der Waals surface area contributed by atoms with E-state index in [-0.39, 0.29) is 23.5 Å². The zero-order valence-electron chi connectivity index (χ0n) is 18.1. The molecule has 0 saturated carbocycles. The van der Waals surface area contributed by atoms with E-state index in [1.54, 1.807) is 49.4 Å². The van der Waals surface area contributed by atoms with Crippen LogP contribution in [0.25, 0.3) is 0 Å². The Morgan fingerprint density at radius 1 is 0.882 bits per heavy atom. The van der Waals surface area contributed by atoms with Gasteiger partial charge in [0, 0.05) is 11.4 Å². The zero-order valence-corrected chi connectivity index (χ0v) is 18.1. The minimum atomic E-state index is -0.508. The number of rotatable bonds is 6. The Kier molecular flexibility index (Phi) is 6.35. The van der Waals surface area contributed by atoms with E-state index in [1.165, 1.54) is 24.3 Å². The summed E-state index contributed by atoms with van der Waals surface area (Å²) in [7, 11) is 0. The molecule has 1 unspecified atom stereocenters. The second kappa shape index (κ2) is 9.53. The van der Waals surface area contributed by atoms with Crippen molar-refractivity contribution in [2.45, 2.75) is 19.4 Å². The highest BCUT2D eigenvalue weighted by Gasteiger charge is 2.26. The number of amides is 5. The standard InChI is InChI=1S/C25H21FN4O4/c1-14(27-25(34)29-18-9-10-19-20(13-18)24(33)30-23(19)32)15-6-4-7-17(11-15)28-22(31)12-16-5-2-3-8-21(16)26/h2-11,13-14H,12H2,1H3,(H,28,31)(H2,27,29,34)(H,30,32,33). The lowest BCUT2D eigenvalue weighted by atomic mass is 10.1. The van der Waals surface area contributed by atoms with Crippen molar-refractivity contribution in [1.29, 1.82) is 0 Å². The maximum absolute atomic E-state index is 13.8. The van der Waals surface area contributed by atoms with E-state index < -0.39 is 29.7 Å². The van der Waals surface area contributed by atoms with Crippen LogP contribution >= 0.6 is 0 Å². The van der Waals surface area contributed by atoms with Gasteiger partial charge < -0.3 is 16.0 Å². The van der Waals surface area contributed by atoms with Crippen molar-refractivity contribution in [2.75, 3.05) is 10.6 Å². The Hall–Kier alpha value is -4.53. The number of nitrogens with one attached hydrogen (secondary N) is 4. The fourth-order valence-electron chi connectivity index (χ4n) is 3.60. The van der Waals surface area contributed by atoms with E-state index in [9.17, 15) is 23.6 Å². The van der Waals surface area contributed by atoms with Crippen LogP contribution in [-0.4, -0.2) is 23.8 Å². The number of hydrogen-bond acceptors (Lipinski definition) is 4. The summed E-state index contributed by atoms with van der Waals surface area (Å²) in [5.41, 5.74) is 2.38. The first-order valence-corrected chi connectivity index (χ1v) is 10.5. The Bertz CT molecular complexity index is 1310. The van der Waals surface area contributed by atoms with Crippen molar-refractivity contribution in [3.8, 4) is 0 Å². The molecule has 0 saturated heterocycles. The van der Waals surface area contributed by atoms with Gasteiger partial charge in [-0.3, -0.25) is 19.7 Å². The summed E-state index contributed by atoms with van der Waals surface area (Å²) >= 11 is 0. The third-order valence-corrected chi connectivity index (χ3v) is 5.32. The van der Waals surface area contributed by atoms with E-state index in [0.717, 1.165) is 5.56 Å². The summed E-state index contributed by atoms with van der Waals surface area (Å²) in [5, 5.41) is 10.4. The Morgan fingerprint density at radius 2 is 1.62 bits per heavy atom. The Balaban J connectivity index is 1.36. The van der Waals surface area contributed by atoms with E-state index >= 15 is 0 Å². The first-order valence-electron chi connectivity index (χ1n) is 10.5. The third-order valence-electron chi connectivity index (χ3n) is 5.32. The lowest BCUT2D eigenvalue weighted by Crippen LogP contribution is -2.31. The molecule has 0 spiro atoms. The van der Waals surface area contributed by atoms with E-state index in [0.29, 0.717) is 16.9 Å². The monoisotopic (exact) mass is 460 g/mol. The molecular weight excluding hydrogens is 439 g/mol. The van der Waals surface area contributed by atoms with Gasteiger partial charge in [-0.1, -0.05) is 30.3 Å². The van der Waals surface area contributed by atoms with Crippen LogP contribution in [0.3, 0.4) is 0 Å². The van der Waals surface area contributed by atoms with Crippen LogP contribution in [-0.2, 0) is 11.2 Å². The summed E-state index contributed by atoms with van der Waals surface area (Å²) in [5.74, 6) is -1.78. The number of anilines is 2. The third kappa shape index (κ3) is 5.09. The molecule has 0 aliphatic carbocycles. The summed E-state index contributed by atoms with van der Waals surface area (Å²) in [6.07, 6.45) is -0.0997. The molecule has 1 atom stereocenters. The predicted molar refractivity (Wildman–Crippen MR) is 124 cm³/mol. The number of halogens is 1. The first-order chi connectivity index (χ1) is 16.3. The molecule has 0 fully saturated rings. The number of fused-ring (bicyclic) bond motifs is 1. The SMILES string of the molecule is CC(NC(=O)Nc1ccc2c(c1)C(=O)NC2=O)c1cccc(NC(=O)Cc2ccccc2F)c1. The number of carbonyl (C=O) groups is 4. The predicted octanol–water partition coefficient (Wildman–Crippen LogP) is 3.77. The maximum atomic E-state index is 13.8. The molecule has 5 amide bonds. The Labute approximate surface area is 194 Å². The molecule has 172 valence electrons. The average molecular weight is 460 g/mol. The van der Waals surface area contributed by atoms with Gasteiger partial charge in [0.15, 0.2) is 0 Å². The van der Waals surface area contributed by atoms with Gasteiger partial charge in [0.2, 0.25) is 5.91 Å². The van der Waals surface area contributed by atoms with Crippen LogP contribution < -0.4 is 21.3 Å². The second-order valence-corrected chi connectivity index (χ2v) is 7.81. The van der Waals surface area contributed by atoms with Crippen LogP contribution in [0, 0.1) is 5.82 Å². The van der Waals surface area contributed by atoms with Gasteiger partial charge in [-0.15, -0.1) is 0 Å². The van der Waals surface area contributed by atoms with Crippen molar-refractivity contribution in [1.82, 2.24) is 10.6 Å². The van der Waals surface area contributed by atoms with Crippen LogP contribution in [0.5, 0.6) is 0 Å². The molecule has 0 radical (unpaired) electrons. The van der Waals surface area contributed by atoms with Crippen molar-refractivity contribution < 1.29 is 23.6 Å². The van der Waals surface area contributed by atoms with Crippen molar-refractivity contribution in [3.05, 3.63) is 94.8 Å². The summed E-state index contributed by atoms with van der Waals surface area (Å²) in [6.45, 7) is 1.77. The Morgan fingerprint density at radius 3 is 2.41 bits per heavy atom. The van der Waals surface area contributed by atoms with Gasteiger partial charge in [0.05, 0.1) is 23.6 Å². The number of urea groups is 1. The molecule has 9 heteroatoms. The normalized spacial score (nSPS) is 13.0. The van der Waals surface area contributed by atoms with Crippen molar-refractivity contribution in [2.24, 2.45) is 0 Å². The van der Waals surface area contributed by atoms with Crippen molar-refractivity contribution >= 4 is 35.1 Å². The fraction of sp³-hybridized carbons (Fsp3) is 0.120. The van der Waals surface area contributed by atoms with Crippen LogP contribution in [0.2, 0.25) is 0 Å². The molecule has 3 aromatic rings. The molecule has 0 bridgehead atoms. The lowest BCUT2D eigenvalue weighted by molar-refractivity contribution is -0.115. The fourth-order valence-corrected chi connectivity index (χ4v) is 3.60. The quantitative estimate of drug-likeness (QED) is 0.419. The molecule has 3 aromatic carbocycles. The van der Waals surface area contributed by atoms with Crippen LogP contribution in [0.1, 0.15) is 44.8 Å². The minimum Gasteiger partial charge on any atom is -0.331 e. The highest BCUT2D eigenvalue weighted by Crippen LogP contribution is 2.21. The minimum absolute atomic E-state index is 0.0997. The van der Waals surface area contributed by atoms with Gasteiger partial charge in [-0.2, -0.15) is 0 Å². The molecule has 0 aromatic heterocycles.